The topological polar surface area (TPSA) is 52.0 Å². The van der Waals surface area contributed by atoms with Crippen molar-refractivity contribution in [2.45, 2.75) is 33.1 Å². The van der Waals surface area contributed by atoms with Crippen LogP contribution in [0, 0.1) is 13.8 Å². The van der Waals surface area contributed by atoms with Gasteiger partial charge in [0, 0.05) is 16.8 Å². The summed E-state index contributed by atoms with van der Waals surface area (Å²) in [5.74, 6) is 0. The summed E-state index contributed by atoms with van der Waals surface area (Å²) in [5, 5.41) is 0. The minimum Gasteiger partial charge on any atom is -0.398 e. The van der Waals surface area contributed by atoms with Crippen molar-refractivity contribution in [1.82, 2.24) is 0 Å². The molecule has 0 aliphatic heterocycles. The molecule has 0 radical (unpaired) electrons. The molecule has 2 aromatic rings. The number of anilines is 2. The van der Waals surface area contributed by atoms with Crippen LogP contribution in [0.2, 0.25) is 0 Å². The monoisotopic (exact) mass is 254 g/mol. The van der Waals surface area contributed by atoms with Gasteiger partial charge < -0.3 is 11.5 Å². The van der Waals surface area contributed by atoms with Gasteiger partial charge in [0.05, 0.1) is 0 Å². The Labute approximate surface area is 115 Å². The Kier molecular flexibility index (Phi) is 3.27. The molecule has 0 fully saturated rings. The van der Waals surface area contributed by atoms with Gasteiger partial charge in [-0.3, -0.25) is 0 Å². The maximum Gasteiger partial charge on any atom is 0.0358 e. The van der Waals surface area contributed by atoms with Crippen LogP contribution in [0.5, 0.6) is 0 Å². The van der Waals surface area contributed by atoms with Gasteiger partial charge in [0.15, 0.2) is 0 Å². The summed E-state index contributed by atoms with van der Waals surface area (Å²) in [4.78, 5) is 0. The molecule has 0 saturated carbocycles. The van der Waals surface area contributed by atoms with E-state index in [2.05, 4.69) is 38.1 Å². The number of rotatable bonds is 2. The van der Waals surface area contributed by atoms with E-state index in [1.807, 2.05) is 26.0 Å². The Bertz CT molecular complexity index is 559. The van der Waals surface area contributed by atoms with Crippen LogP contribution in [0.4, 0.5) is 11.4 Å². The SMILES string of the molecule is Cc1ccc(C(C)(C)c2ccc(C)cc2N)c(N)c1. The van der Waals surface area contributed by atoms with E-state index < -0.39 is 0 Å². The van der Waals surface area contributed by atoms with Gasteiger partial charge in [0.1, 0.15) is 0 Å². The van der Waals surface area contributed by atoms with Gasteiger partial charge in [-0.2, -0.15) is 0 Å². The van der Waals surface area contributed by atoms with Crippen molar-refractivity contribution in [1.29, 1.82) is 0 Å². The van der Waals surface area contributed by atoms with Crippen LogP contribution < -0.4 is 11.5 Å². The number of nitrogen functional groups attached to an aromatic ring is 2. The minimum atomic E-state index is -0.199. The maximum atomic E-state index is 6.18. The molecule has 0 heterocycles. The third-order valence-corrected chi connectivity index (χ3v) is 3.76. The second-order valence-corrected chi connectivity index (χ2v) is 5.81. The molecule has 4 N–H and O–H groups in total. The highest BCUT2D eigenvalue weighted by Crippen LogP contribution is 2.38. The third kappa shape index (κ3) is 2.43. The fourth-order valence-corrected chi connectivity index (χ4v) is 2.65. The first-order valence-corrected chi connectivity index (χ1v) is 6.55. The molecule has 2 aromatic carbocycles. The molecule has 0 saturated heterocycles. The summed E-state index contributed by atoms with van der Waals surface area (Å²) in [6, 6.07) is 12.4. The van der Waals surface area contributed by atoms with Crippen LogP contribution in [0.3, 0.4) is 0 Å². The molecule has 0 aromatic heterocycles. The molecule has 2 nitrogen and oxygen atoms in total. The fourth-order valence-electron chi connectivity index (χ4n) is 2.65. The molecule has 100 valence electrons. The highest BCUT2D eigenvalue weighted by molar-refractivity contribution is 5.61. The van der Waals surface area contributed by atoms with E-state index in [0.717, 1.165) is 22.5 Å². The first-order chi connectivity index (χ1) is 8.82. The van der Waals surface area contributed by atoms with E-state index in [0.29, 0.717) is 0 Å². The first kappa shape index (κ1) is 13.5. The summed E-state index contributed by atoms with van der Waals surface area (Å²) >= 11 is 0. The highest BCUT2D eigenvalue weighted by Gasteiger charge is 2.27. The highest BCUT2D eigenvalue weighted by atomic mass is 14.6. The van der Waals surface area contributed by atoms with E-state index in [1.165, 1.54) is 11.1 Å². The quantitative estimate of drug-likeness (QED) is 0.801. The molecule has 19 heavy (non-hydrogen) atoms. The largest absolute Gasteiger partial charge is 0.398 e. The third-order valence-electron chi connectivity index (χ3n) is 3.76. The lowest BCUT2D eigenvalue weighted by Gasteiger charge is -2.29. The van der Waals surface area contributed by atoms with Gasteiger partial charge in [-0.25, -0.2) is 0 Å². The second kappa shape index (κ2) is 4.61. The molecule has 0 atom stereocenters. The number of benzene rings is 2. The van der Waals surface area contributed by atoms with E-state index in [9.17, 15) is 0 Å². The summed E-state index contributed by atoms with van der Waals surface area (Å²) in [7, 11) is 0. The average Bonchev–Trinajstić information content (AvgIpc) is 2.27. The van der Waals surface area contributed by atoms with Gasteiger partial charge in [0.2, 0.25) is 0 Å². The van der Waals surface area contributed by atoms with E-state index in [4.69, 9.17) is 11.5 Å². The number of hydrogen-bond acceptors (Lipinski definition) is 2. The lowest BCUT2D eigenvalue weighted by atomic mass is 9.76. The van der Waals surface area contributed by atoms with Crippen LogP contribution in [0.15, 0.2) is 36.4 Å². The first-order valence-electron chi connectivity index (χ1n) is 6.55. The van der Waals surface area contributed by atoms with E-state index >= 15 is 0 Å². The number of hydrogen-bond donors (Lipinski definition) is 2. The predicted octanol–water partition coefficient (Wildman–Crippen LogP) is 3.79. The lowest BCUT2D eigenvalue weighted by Crippen LogP contribution is -2.22. The molecule has 0 aliphatic carbocycles. The zero-order valence-corrected chi connectivity index (χ0v) is 12.1. The van der Waals surface area contributed by atoms with Gasteiger partial charge in [0.25, 0.3) is 0 Å². The zero-order valence-electron chi connectivity index (χ0n) is 12.1. The van der Waals surface area contributed by atoms with Gasteiger partial charge in [-0.15, -0.1) is 0 Å². The molecule has 2 heteroatoms. The maximum absolute atomic E-state index is 6.18. The van der Waals surface area contributed by atoms with Gasteiger partial charge >= 0.3 is 0 Å². The Morgan fingerprint density at radius 2 is 1.11 bits per heavy atom. The Hall–Kier alpha value is -1.96. The van der Waals surface area contributed by atoms with E-state index in [1.54, 1.807) is 0 Å². The van der Waals surface area contributed by atoms with Crippen LogP contribution in [0.25, 0.3) is 0 Å². The predicted molar refractivity (Wildman–Crippen MR) is 83.3 cm³/mol. The second-order valence-electron chi connectivity index (χ2n) is 5.81. The Balaban J connectivity index is 2.58. The minimum absolute atomic E-state index is 0.199. The number of nitrogens with two attached hydrogens (primary N) is 2. The molecule has 0 amide bonds. The fraction of sp³-hybridized carbons (Fsp3) is 0.294. The number of aryl methyl sites for hydroxylation is 2. The van der Waals surface area contributed by atoms with Crippen molar-refractivity contribution in [3.8, 4) is 0 Å². The van der Waals surface area contributed by atoms with Crippen molar-refractivity contribution in [3.63, 3.8) is 0 Å². The van der Waals surface area contributed by atoms with Crippen molar-refractivity contribution in [2.75, 3.05) is 11.5 Å². The standard InChI is InChI=1S/C17H22N2/c1-11-5-7-13(15(18)9-11)17(3,4)14-8-6-12(2)10-16(14)19/h5-10H,18-19H2,1-4H3. The summed E-state index contributed by atoms with van der Waals surface area (Å²) in [6.45, 7) is 8.42. The molecule has 0 aliphatic rings. The van der Waals surface area contributed by atoms with Crippen molar-refractivity contribution >= 4 is 11.4 Å². The summed E-state index contributed by atoms with van der Waals surface area (Å²) in [5.41, 5.74) is 18.4. The van der Waals surface area contributed by atoms with Crippen LogP contribution in [-0.2, 0) is 5.41 Å². The van der Waals surface area contributed by atoms with Crippen LogP contribution in [-0.4, -0.2) is 0 Å². The molecular weight excluding hydrogens is 232 g/mol. The smallest absolute Gasteiger partial charge is 0.0358 e. The van der Waals surface area contributed by atoms with Crippen molar-refractivity contribution in [2.24, 2.45) is 0 Å². The average molecular weight is 254 g/mol. The van der Waals surface area contributed by atoms with Gasteiger partial charge in [-0.05, 0) is 48.2 Å². The summed E-state index contributed by atoms with van der Waals surface area (Å²) < 4.78 is 0. The molecule has 0 spiro atoms. The molecular formula is C17H22N2. The van der Waals surface area contributed by atoms with Crippen LogP contribution >= 0.6 is 0 Å². The summed E-state index contributed by atoms with van der Waals surface area (Å²) in [6.07, 6.45) is 0. The Morgan fingerprint density at radius 1 is 0.737 bits per heavy atom. The normalized spacial score (nSPS) is 11.6. The molecule has 0 unspecified atom stereocenters. The molecule has 0 bridgehead atoms. The zero-order chi connectivity index (χ0) is 14.2. The van der Waals surface area contributed by atoms with E-state index in [-0.39, 0.29) is 5.41 Å². The van der Waals surface area contributed by atoms with Crippen molar-refractivity contribution in [3.05, 3.63) is 58.7 Å². The van der Waals surface area contributed by atoms with Crippen LogP contribution in [0.1, 0.15) is 36.1 Å². The van der Waals surface area contributed by atoms with Gasteiger partial charge in [-0.1, -0.05) is 38.1 Å². The Morgan fingerprint density at radius 3 is 1.42 bits per heavy atom. The van der Waals surface area contributed by atoms with Crippen molar-refractivity contribution < 1.29 is 0 Å². The lowest BCUT2D eigenvalue weighted by molar-refractivity contribution is 0.645. The molecule has 2 rings (SSSR count).